The Kier molecular flexibility index (Phi) is 5.87. The SMILES string of the molecule is CC(=O)N1CCC2(CC(=O)c3cc(/C=C/C(=O)NOC4CCCCO4)ccc3O2)C1. The van der Waals surface area contributed by atoms with E-state index in [1.165, 1.54) is 13.0 Å². The second kappa shape index (κ2) is 8.57. The van der Waals surface area contributed by atoms with Crippen molar-refractivity contribution in [1.82, 2.24) is 10.4 Å². The van der Waals surface area contributed by atoms with Crippen molar-refractivity contribution in [2.45, 2.75) is 50.9 Å². The molecule has 2 amide bonds. The van der Waals surface area contributed by atoms with Crippen molar-refractivity contribution >= 4 is 23.7 Å². The van der Waals surface area contributed by atoms with Gasteiger partial charge in [-0.25, -0.2) is 10.3 Å². The van der Waals surface area contributed by atoms with Gasteiger partial charge in [0.25, 0.3) is 5.91 Å². The molecule has 1 aromatic carbocycles. The average molecular weight is 414 g/mol. The molecular formula is C22H26N2O6. The van der Waals surface area contributed by atoms with E-state index in [4.69, 9.17) is 14.3 Å². The van der Waals surface area contributed by atoms with Crippen molar-refractivity contribution < 1.29 is 28.7 Å². The number of fused-ring (bicyclic) bond motifs is 1. The first-order valence-corrected chi connectivity index (χ1v) is 10.3. The molecule has 0 aliphatic carbocycles. The van der Waals surface area contributed by atoms with E-state index in [9.17, 15) is 14.4 Å². The van der Waals surface area contributed by atoms with E-state index in [1.807, 2.05) is 0 Å². The summed E-state index contributed by atoms with van der Waals surface area (Å²) in [5.74, 6) is 0.0976. The fourth-order valence-electron chi connectivity index (χ4n) is 4.09. The third-order valence-corrected chi connectivity index (χ3v) is 5.73. The molecule has 0 radical (unpaired) electrons. The number of ketones is 1. The number of benzene rings is 1. The summed E-state index contributed by atoms with van der Waals surface area (Å²) in [5.41, 5.74) is 2.94. The number of ether oxygens (including phenoxy) is 2. The summed E-state index contributed by atoms with van der Waals surface area (Å²) in [6.07, 6.45) is 6.21. The lowest BCUT2D eigenvalue weighted by Crippen LogP contribution is -2.45. The van der Waals surface area contributed by atoms with Gasteiger partial charge in [-0.3, -0.25) is 14.4 Å². The summed E-state index contributed by atoms with van der Waals surface area (Å²) in [7, 11) is 0. The first-order valence-electron chi connectivity index (χ1n) is 10.3. The second-order valence-electron chi connectivity index (χ2n) is 8.04. The number of nitrogens with zero attached hydrogens (tertiary/aromatic N) is 1. The molecule has 3 aliphatic heterocycles. The van der Waals surface area contributed by atoms with Crippen LogP contribution in [0.5, 0.6) is 5.75 Å². The molecule has 3 heterocycles. The highest BCUT2D eigenvalue weighted by Gasteiger charge is 2.46. The number of Topliss-reactive ketones (excluding diaryl/α,β-unsaturated/α-hetero) is 1. The minimum atomic E-state index is -0.633. The van der Waals surface area contributed by atoms with Gasteiger partial charge in [-0.05, 0) is 36.6 Å². The molecule has 0 bridgehead atoms. The van der Waals surface area contributed by atoms with Crippen LogP contribution in [0.4, 0.5) is 0 Å². The molecule has 8 nitrogen and oxygen atoms in total. The molecule has 0 saturated carbocycles. The lowest BCUT2D eigenvalue weighted by Gasteiger charge is -2.34. The number of carbonyl (C=O) groups excluding carboxylic acids is 3. The molecule has 3 aliphatic rings. The molecular weight excluding hydrogens is 388 g/mol. The predicted molar refractivity (Wildman–Crippen MR) is 107 cm³/mol. The van der Waals surface area contributed by atoms with Gasteiger partial charge in [-0.2, -0.15) is 0 Å². The standard InChI is InChI=1S/C22H26N2O6/c1-15(25)24-10-9-22(14-24)13-18(26)17-12-16(5-7-19(17)29-22)6-8-20(27)23-30-21-4-2-3-11-28-21/h5-8,12,21H,2-4,9-11,13-14H2,1H3,(H,23,27)/b8-6+. The van der Waals surface area contributed by atoms with Crippen LogP contribution in [-0.4, -0.2) is 54.1 Å². The predicted octanol–water partition coefficient (Wildman–Crippen LogP) is 2.23. The summed E-state index contributed by atoms with van der Waals surface area (Å²) in [4.78, 5) is 43.3. The number of carbonyl (C=O) groups is 3. The van der Waals surface area contributed by atoms with Gasteiger partial charge >= 0.3 is 0 Å². The molecule has 0 aromatic heterocycles. The van der Waals surface area contributed by atoms with E-state index in [0.717, 1.165) is 19.3 Å². The molecule has 1 N–H and O–H groups in total. The molecule has 8 heteroatoms. The van der Waals surface area contributed by atoms with Crippen molar-refractivity contribution in [3.05, 3.63) is 35.4 Å². The van der Waals surface area contributed by atoms with Crippen LogP contribution in [0.1, 0.15) is 54.9 Å². The van der Waals surface area contributed by atoms with E-state index < -0.39 is 17.8 Å². The van der Waals surface area contributed by atoms with E-state index in [0.29, 0.717) is 43.0 Å². The van der Waals surface area contributed by atoms with Crippen molar-refractivity contribution in [1.29, 1.82) is 0 Å². The monoisotopic (exact) mass is 414 g/mol. The van der Waals surface area contributed by atoms with Gasteiger partial charge in [-0.1, -0.05) is 6.07 Å². The maximum atomic E-state index is 12.8. The van der Waals surface area contributed by atoms with Gasteiger partial charge in [0.05, 0.1) is 18.5 Å². The summed E-state index contributed by atoms with van der Waals surface area (Å²) >= 11 is 0. The van der Waals surface area contributed by atoms with Crippen LogP contribution in [-0.2, 0) is 19.2 Å². The molecule has 1 spiro atoms. The largest absolute Gasteiger partial charge is 0.484 e. The molecule has 160 valence electrons. The van der Waals surface area contributed by atoms with Gasteiger partial charge in [0.1, 0.15) is 11.4 Å². The Balaban J connectivity index is 1.38. The Hall–Kier alpha value is -2.71. The van der Waals surface area contributed by atoms with Gasteiger partial charge in [0.2, 0.25) is 5.91 Å². The molecule has 4 rings (SSSR count). The highest BCUT2D eigenvalue weighted by molar-refractivity contribution is 6.01. The van der Waals surface area contributed by atoms with Gasteiger partial charge < -0.3 is 14.4 Å². The summed E-state index contributed by atoms with van der Waals surface area (Å²) in [6, 6.07) is 5.25. The van der Waals surface area contributed by atoms with E-state index in [-0.39, 0.29) is 18.1 Å². The minimum Gasteiger partial charge on any atom is -0.484 e. The molecule has 2 fully saturated rings. The molecule has 1 aromatic rings. The first-order chi connectivity index (χ1) is 14.4. The summed E-state index contributed by atoms with van der Waals surface area (Å²) < 4.78 is 11.6. The number of nitrogens with one attached hydrogen (secondary N) is 1. The van der Waals surface area contributed by atoms with Crippen LogP contribution < -0.4 is 10.2 Å². The fraction of sp³-hybridized carbons (Fsp3) is 0.500. The Morgan fingerprint density at radius 3 is 2.93 bits per heavy atom. The second-order valence-corrected chi connectivity index (χ2v) is 8.04. The molecule has 30 heavy (non-hydrogen) atoms. The number of hydrogen-bond donors (Lipinski definition) is 1. The normalized spacial score (nSPS) is 26.0. The zero-order chi connectivity index (χ0) is 21.1. The quantitative estimate of drug-likeness (QED) is 0.600. The third-order valence-electron chi connectivity index (χ3n) is 5.73. The van der Waals surface area contributed by atoms with Crippen LogP contribution in [0, 0.1) is 0 Å². The topological polar surface area (TPSA) is 94.2 Å². The lowest BCUT2D eigenvalue weighted by molar-refractivity contribution is -0.198. The average Bonchev–Trinajstić information content (AvgIpc) is 3.15. The first kappa shape index (κ1) is 20.6. The Morgan fingerprint density at radius 1 is 1.33 bits per heavy atom. The number of hydroxylamine groups is 1. The maximum Gasteiger partial charge on any atom is 0.267 e. The van der Waals surface area contributed by atoms with Crippen molar-refractivity contribution in [2.75, 3.05) is 19.7 Å². The van der Waals surface area contributed by atoms with Crippen LogP contribution in [0.25, 0.3) is 6.08 Å². The van der Waals surface area contributed by atoms with Crippen LogP contribution in [0.15, 0.2) is 24.3 Å². The summed E-state index contributed by atoms with van der Waals surface area (Å²) in [5, 5.41) is 0. The van der Waals surface area contributed by atoms with Crippen molar-refractivity contribution in [2.24, 2.45) is 0 Å². The van der Waals surface area contributed by atoms with Gasteiger partial charge in [0.15, 0.2) is 12.1 Å². The number of amides is 2. The highest BCUT2D eigenvalue weighted by Crippen LogP contribution is 2.39. The Morgan fingerprint density at radius 2 is 2.20 bits per heavy atom. The van der Waals surface area contributed by atoms with Gasteiger partial charge in [0, 0.05) is 39.0 Å². The van der Waals surface area contributed by atoms with Crippen LogP contribution >= 0.6 is 0 Å². The zero-order valence-electron chi connectivity index (χ0n) is 17.0. The number of likely N-dealkylation sites (tertiary alicyclic amines) is 1. The number of hydrogen-bond acceptors (Lipinski definition) is 6. The van der Waals surface area contributed by atoms with E-state index in [2.05, 4.69) is 5.48 Å². The zero-order valence-corrected chi connectivity index (χ0v) is 17.0. The fourth-order valence-corrected chi connectivity index (χ4v) is 4.09. The minimum absolute atomic E-state index is 0.00786. The van der Waals surface area contributed by atoms with Crippen molar-refractivity contribution in [3.8, 4) is 5.75 Å². The molecule has 2 unspecified atom stereocenters. The Labute approximate surface area is 175 Å². The van der Waals surface area contributed by atoms with E-state index >= 15 is 0 Å². The maximum absolute atomic E-state index is 12.8. The van der Waals surface area contributed by atoms with Gasteiger partial charge in [-0.15, -0.1) is 0 Å². The smallest absolute Gasteiger partial charge is 0.267 e. The molecule has 2 saturated heterocycles. The highest BCUT2D eigenvalue weighted by atomic mass is 16.8. The third kappa shape index (κ3) is 4.55. The summed E-state index contributed by atoms with van der Waals surface area (Å²) in [6.45, 7) is 3.19. The molecule has 2 atom stereocenters. The van der Waals surface area contributed by atoms with Crippen molar-refractivity contribution in [3.63, 3.8) is 0 Å². The number of rotatable bonds is 4. The Bertz CT molecular complexity index is 876. The lowest BCUT2D eigenvalue weighted by atomic mass is 9.88. The van der Waals surface area contributed by atoms with Crippen LogP contribution in [0.3, 0.4) is 0 Å². The van der Waals surface area contributed by atoms with Crippen LogP contribution in [0.2, 0.25) is 0 Å². The van der Waals surface area contributed by atoms with E-state index in [1.54, 1.807) is 29.2 Å².